The second-order valence-corrected chi connectivity index (χ2v) is 7.08. The van der Waals surface area contributed by atoms with Crippen LogP contribution in [0.3, 0.4) is 0 Å². The molecule has 0 aromatic heterocycles. The number of hydrogen-bond donors (Lipinski definition) is 2. The molecule has 1 fully saturated rings. The first-order chi connectivity index (χ1) is 9.82. The number of aryl methyl sites for hydroxylation is 1. The molecule has 1 amide bonds. The molecule has 1 aromatic carbocycles. The van der Waals surface area contributed by atoms with Gasteiger partial charge in [-0.2, -0.15) is 0 Å². The molecular formula is C15H20BrN3OS. The van der Waals surface area contributed by atoms with E-state index in [2.05, 4.69) is 33.2 Å². The van der Waals surface area contributed by atoms with Gasteiger partial charge in [0.1, 0.15) is 0 Å². The number of carbonyl (C=O) groups is 1. The van der Waals surface area contributed by atoms with Crippen molar-refractivity contribution in [2.45, 2.75) is 25.3 Å². The number of carbonyl (C=O) groups excluding carboxylic acids is 1. The van der Waals surface area contributed by atoms with Crippen molar-refractivity contribution in [3.63, 3.8) is 0 Å². The molecule has 1 aliphatic heterocycles. The number of amides is 1. The van der Waals surface area contributed by atoms with Crippen molar-refractivity contribution in [1.29, 1.82) is 0 Å². The minimum Gasteiger partial charge on any atom is -0.391 e. The molecule has 4 nitrogen and oxygen atoms in total. The Balaban J connectivity index is 2.21. The fourth-order valence-electron chi connectivity index (χ4n) is 2.59. The second-order valence-electron chi connectivity index (χ2n) is 5.72. The van der Waals surface area contributed by atoms with Gasteiger partial charge in [0.25, 0.3) is 5.91 Å². The Morgan fingerprint density at radius 3 is 2.52 bits per heavy atom. The summed E-state index contributed by atoms with van der Waals surface area (Å²) >= 11 is 8.64. The normalized spacial score (nSPS) is 18.2. The number of nitrogens with two attached hydrogens (primary N) is 1. The fraction of sp³-hybridized carbons (Fsp3) is 0.467. The zero-order valence-electron chi connectivity index (χ0n) is 12.3. The first-order valence-electron chi connectivity index (χ1n) is 6.90. The van der Waals surface area contributed by atoms with E-state index in [0.717, 1.165) is 36.0 Å². The maximum absolute atomic E-state index is 12.5. The molecule has 1 aromatic rings. The van der Waals surface area contributed by atoms with Gasteiger partial charge in [0.15, 0.2) is 0 Å². The molecule has 0 radical (unpaired) electrons. The van der Waals surface area contributed by atoms with E-state index in [1.165, 1.54) is 0 Å². The van der Waals surface area contributed by atoms with Gasteiger partial charge in [0.2, 0.25) is 0 Å². The summed E-state index contributed by atoms with van der Waals surface area (Å²) in [5.41, 5.74) is 7.00. The number of benzene rings is 1. The molecule has 0 aliphatic carbocycles. The molecule has 1 saturated heterocycles. The van der Waals surface area contributed by atoms with E-state index in [1.807, 2.05) is 25.1 Å². The number of nitrogens with zero attached hydrogens (tertiary/aromatic N) is 1. The van der Waals surface area contributed by atoms with Crippen LogP contribution in [0.2, 0.25) is 0 Å². The van der Waals surface area contributed by atoms with Crippen LogP contribution in [0.25, 0.3) is 0 Å². The molecule has 1 heterocycles. The Morgan fingerprint density at radius 2 is 2.00 bits per heavy atom. The Kier molecular flexibility index (Phi) is 5.01. The predicted molar refractivity (Wildman–Crippen MR) is 92.6 cm³/mol. The van der Waals surface area contributed by atoms with Crippen molar-refractivity contribution in [3.8, 4) is 0 Å². The zero-order valence-corrected chi connectivity index (χ0v) is 14.7. The zero-order chi connectivity index (χ0) is 15.6. The van der Waals surface area contributed by atoms with Crippen LogP contribution in [0.5, 0.6) is 0 Å². The molecular weight excluding hydrogens is 350 g/mol. The standard InChI is InChI=1S/C15H20BrN3OS/c1-10-7-11(9-12(16)8-10)13(20)18-15(14(17)21)3-5-19(2)6-4-15/h7-9H,3-6H2,1-2H3,(H2,17,21)(H,18,20). The summed E-state index contributed by atoms with van der Waals surface area (Å²) in [4.78, 5) is 15.1. The Hall–Kier alpha value is -0.980. The number of nitrogens with one attached hydrogen (secondary N) is 1. The minimum atomic E-state index is -0.574. The van der Waals surface area contributed by atoms with Crippen molar-refractivity contribution >= 4 is 39.0 Å². The summed E-state index contributed by atoms with van der Waals surface area (Å²) in [5.74, 6) is -0.128. The molecule has 0 saturated carbocycles. The maximum Gasteiger partial charge on any atom is 0.252 e. The highest BCUT2D eigenvalue weighted by Crippen LogP contribution is 2.23. The lowest BCUT2D eigenvalue weighted by atomic mass is 9.87. The van der Waals surface area contributed by atoms with E-state index in [9.17, 15) is 4.79 Å². The number of hydrogen-bond acceptors (Lipinski definition) is 3. The van der Waals surface area contributed by atoms with Crippen LogP contribution in [0.1, 0.15) is 28.8 Å². The summed E-state index contributed by atoms with van der Waals surface area (Å²) in [6.45, 7) is 3.70. The van der Waals surface area contributed by atoms with E-state index < -0.39 is 5.54 Å². The van der Waals surface area contributed by atoms with Crippen LogP contribution in [0.4, 0.5) is 0 Å². The van der Waals surface area contributed by atoms with Crippen LogP contribution < -0.4 is 11.1 Å². The molecule has 0 unspecified atom stereocenters. The lowest BCUT2D eigenvalue weighted by Crippen LogP contribution is -2.61. The van der Waals surface area contributed by atoms with Crippen LogP contribution in [-0.4, -0.2) is 41.5 Å². The maximum atomic E-state index is 12.5. The summed E-state index contributed by atoms with van der Waals surface area (Å²) in [6.07, 6.45) is 1.50. The average Bonchev–Trinajstić information content (AvgIpc) is 2.40. The Morgan fingerprint density at radius 1 is 1.38 bits per heavy atom. The third-order valence-corrected chi connectivity index (χ3v) is 4.82. The van der Waals surface area contributed by atoms with Crippen molar-refractivity contribution in [2.24, 2.45) is 5.73 Å². The van der Waals surface area contributed by atoms with Gasteiger partial charge in [-0.25, -0.2) is 0 Å². The van der Waals surface area contributed by atoms with Crippen molar-refractivity contribution in [3.05, 3.63) is 33.8 Å². The fourth-order valence-corrected chi connectivity index (χ4v) is 3.45. The van der Waals surface area contributed by atoms with E-state index >= 15 is 0 Å². The average molecular weight is 370 g/mol. The van der Waals surface area contributed by atoms with Crippen LogP contribution >= 0.6 is 28.1 Å². The molecule has 0 bridgehead atoms. The number of halogens is 1. The second kappa shape index (κ2) is 6.42. The summed E-state index contributed by atoms with van der Waals surface area (Å²) in [6, 6.07) is 5.64. The highest BCUT2D eigenvalue weighted by Gasteiger charge is 2.38. The molecule has 1 aliphatic rings. The van der Waals surface area contributed by atoms with Gasteiger partial charge in [-0.05, 0) is 50.6 Å². The summed E-state index contributed by atoms with van der Waals surface area (Å²) < 4.78 is 0.889. The number of thiocarbonyl (C=S) groups is 1. The van der Waals surface area contributed by atoms with Crippen molar-refractivity contribution in [2.75, 3.05) is 20.1 Å². The van der Waals surface area contributed by atoms with E-state index in [1.54, 1.807) is 0 Å². The van der Waals surface area contributed by atoms with Gasteiger partial charge in [0.05, 0.1) is 10.5 Å². The molecule has 6 heteroatoms. The van der Waals surface area contributed by atoms with Gasteiger partial charge in [-0.15, -0.1) is 0 Å². The van der Waals surface area contributed by atoms with E-state index in [-0.39, 0.29) is 5.91 Å². The monoisotopic (exact) mass is 369 g/mol. The smallest absolute Gasteiger partial charge is 0.252 e. The van der Waals surface area contributed by atoms with Crippen LogP contribution in [0.15, 0.2) is 22.7 Å². The third-order valence-electron chi connectivity index (χ3n) is 3.97. The summed E-state index contributed by atoms with van der Waals surface area (Å²) in [5, 5.41) is 3.07. The number of piperidine rings is 1. The molecule has 114 valence electrons. The third kappa shape index (κ3) is 3.81. The van der Waals surface area contributed by atoms with E-state index in [0.29, 0.717) is 10.6 Å². The van der Waals surface area contributed by atoms with Crippen LogP contribution in [-0.2, 0) is 0 Å². The van der Waals surface area contributed by atoms with Gasteiger partial charge < -0.3 is 16.0 Å². The van der Waals surface area contributed by atoms with Gasteiger partial charge in [-0.3, -0.25) is 4.79 Å². The lowest BCUT2D eigenvalue weighted by molar-refractivity contribution is 0.0890. The lowest BCUT2D eigenvalue weighted by Gasteiger charge is -2.40. The van der Waals surface area contributed by atoms with Gasteiger partial charge in [0, 0.05) is 23.1 Å². The molecule has 0 spiro atoms. The highest BCUT2D eigenvalue weighted by atomic mass is 79.9. The Labute approximate surface area is 139 Å². The molecule has 2 rings (SSSR count). The van der Waals surface area contributed by atoms with Crippen molar-refractivity contribution in [1.82, 2.24) is 10.2 Å². The predicted octanol–water partition coefficient (Wildman–Crippen LogP) is 2.24. The first kappa shape index (κ1) is 16.4. The summed E-state index contributed by atoms with van der Waals surface area (Å²) in [7, 11) is 2.06. The quantitative estimate of drug-likeness (QED) is 0.802. The molecule has 0 atom stereocenters. The van der Waals surface area contributed by atoms with Gasteiger partial charge >= 0.3 is 0 Å². The van der Waals surface area contributed by atoms with Crippen LogP contribution in [0, 0.1) is 6.92 Å². The number of likely N-dealkylation sites (tertiary alicyclic amines) is 1. The first-order valence-corrected chi connectivity index (χ1v) is 8.11. The molecule has 21 heavy (non-hydrogen) atoms. The largest absolute Gasteiger partial charge is 0.391 e. The van der Waals surface area contributed by atoms with E-state index in [4.69, 9.17) is 18.0 Å². The highest BCUT2D eigenvalue weighted by molar-refractivity contribution is 9.10. The SMILES string of the molecule is Cc1cc(Br)cc(C(=O)NC2(C(N)=S)CCN(C)CC2)c1. The van der Waals surface area contributed by atoms with Gasteiger partial charge in [-0.1, -0.05) is 28.1 Å². The minimum absolute atomic E-state index is 0.128. The van der Waals surface area contributed by atoms with Crippen molar-refractivity contribution < 1.29 is 4.79 Å². The number of rotatable bonds is 3. The topological polar surface area (TPSA) is 58.4 Å². The Bertz CT molecular complexity index is 548. The molecule has 3 N–H and O–H groups in total.